The second kappa shape index (κ2) is 8.46. The summed E-state index contributed by atoms with van der Waals surface area (Å²) in [6, 6.07) is -1.09. The number of nitrogens with two attached hydrogens (primary N) is 1. The highest BCUT2D eigenvalue weighted by molar-refractivity contribution is 7.90. The summed E-state index contributed by atoms with van der Waals surface area (Å²) in [5.41, 5.74) is 0.744. The van der Waals surface area contributed by atoms with Gasteiger partial charge in [0.1, 0.15) is 17.2 Å². The highest BCUT2D eigenvalue weighted by Gasteiger charge is 2.69. The fourth-order valence-electron chi connectivity index (χ4n) is 6.02. The zero-order valence-corrected chi connectivity index (χ0v) is 23.5. The lowest BCUT2D eigenvalue weighted by Gasteiger charge is -2.59. The van der Waals surface area contributed by atoms with Gasteiger partial charge in [0.25, 0.3) is 10.0 Å². The van der Waals surface area contributed by atoms with Gasteiger partial charge in [0.05, 0.1) is 17.0 Å². The minimum absolute atomic E-state index is 0.0295. The van der Waals surface area contributed by atoms with E-state index in [1.165, 1.54) is 33.9 Å². The van der Waals surface area contributed by atoms with Gasteiger partial charge in [-0.25, -0.2) is 17.2 Å². The molecule has 2 aromatic rings. The maximum atomic E-state index is 15.5. The van der Waals surface area contributed by atoms with E-state index in [0.717, 1.165) is 17.1 Å². The molecule has 3 heterocycles. The fourth-order valence-corrected chi connectivity index (χ4v) is 7.53. The van der Waals surface area contributed by atoms with E-state index in [4.69, 9.17) is 10.5 Å². The van der Waals surface area contributed by atoms with Gasteiger partial charge in [-0.15, -0.1) is 0 Å². The Bertz CT molecular complexity index is 1450. The number of hydrogen-bond acceptors (Lipinski definition) is 6. The van der Waals surface area contributed by atoms with Gasteiger partial charge >= 0.3 is 6.18 Å². The molecule has 13 heteroatoms. The summed E-state index contributed by atoms with van der Waals surface area (Å²) in [6.07, 6.45) is -2.71. The molecule has 0 bridgehead atoms. The Morgan fingerprint density at radius 3 is 2.28 bits per heavy atom. The molecule has 1 aromatic carbocycles. The average Bonchev–Trinajstić information content (AvgIpc) is 3.53. The Morgan fingerprint density at radius 2 is 1.74 bits per heavy atom. The van der Waals surface area contributed by atoms with Crippen molar-refractivity contribution < 1.29 is 35.1 Å². The van der Waals surface area contributed by atoms with Gasteiger partial charge in [-0.05, 0) is 78.0 Å². The summed E-state index contributed by atoms with van der Waals surface area (Å²) < 4.78 is 107. The van der Waals surface area contributed by atoms with Crippen LogP contribution in [-0.2, 0) is 26.9 Å². The van der Waals surface area contributed by atoms with Crippen LogP contribution in [0.5, 0.6) is 0 Å². The molecule has 5 atom stereocenters. The number of rotatable bonds is 4. The lowest BCUT2D eigenvalue weighted by Crippen LogP contribution is -2.74. The maximum absolute atomic E-state index is 15.5. The average molecular weight is 577 g/mol. The Morgan fingerprint density at radius 1 is 1.13 bits per heavy atom. The van der Waals surface area contributed by atoms with Gasteiger partial charge in [-0.1, -0.05) is 0 Å². The Kier molecular flexibility index (Phi) is 6.17. The second-order valence-corrected chi connectivity index (χ2v) is 13.9. The van der Waals surface area contributed by atoms with Gasteiger partial charge in [0.2, 0.25) is 0 Å². The molecule has 2 N–H and O–H groups in total. The molecule has 216 valence electrons. The topological polar surface area (TPSA) is 90.5 Å². The zero-order valence-electron chi connectivity index (χ0n) is 22.7. The Labute approximate surface area is 224 Å². The van der Waals surface area contributed by atoms with Crippen molar-refractivity contribution in [1.29, 1.82) is 0 Å². The molecule has 1 saturated heterocycles. The van der Waals surface area contributed by atoms with Crippen molar-refractivity contribution in [2.24, 2.45) is 5.73 Å². The summed E-state index contributed by atoms with van der Waals surface area (Å²) in [6.45, 7) is 8.02. The van der Waals surface area contributed by atoms with Gasteiger partial charge in [-0.3, -0.25) is 4.90 Å². The van der Waals surface area contributed by atoms with Crippen LogP contribution >= 0.6 is 0 Å². The van der Waals surface area contributed by atoms with Crippen LogP contribution in [0.3, 0.4) is 0 Å². The van der Waals surface area contributed by atoms with Crippen molar-refractivity contribution in [2.75, 3.05) is 0 Å². The molecule has 3 aliphatic rings. The van der Waals surface area contributed by atoms with Crippen LogP contribution < -0.4 is 5.73 Å². The molecule has 1 unspecified atom stereocenters. The number of nitrogens with zero attached hydrogens (tertiary/aromatic N) is 3. The summed E-state index contributed by atoms with van der Waals surface area (Å²) in [4.78, 5) is 1.56. The maximum Gasteiger partial charge on any atom is 0.418 e. The van der Waals surface area contributed by atoms with Crippen LogP contribution in [0.2, 0.25) is 0 Å². The minimum Gasteiger partial charge on any atom is -0.351 e. The fraction of sp³-hybridized carbons (Fsp3) is 0.654. The SMILES string of the molecule is Cc1c(F)cc([C@@]2(C)O[C@](C)(C(F)(F)F)[C@H](N3Cc4nn(S(=O)(=O)C5CC5)cc4C3C)C[C@]2(C)N)c(F)c1C. The normalized spacial score (nSPS) is 33.9. The molecular weight excluding hydrogens is 543 g/mol. The van der Waals surface area contributed by atoms with E-state index < -0.39 is 61.9 Å². The van der Waals surface area contributed by atoms with Crippen LogP contribution in [0.25, 0.3) is 0 Å². The third-order valence-corrected chi connectivity index (χ3v) is 11.3. The molecular formula is C26H33F5N4O3S. The van der Waals surface area contributed by atoms with Crippen molar-refractivity contribution in [3.05, 3.63) is 51.8 Å². The molecule has 0 spiro atoms. The van der Waals surface area contributed by atoms with Crippen LogP contribution in [-0.4, -0.2) is 51.1 Å². The third kappa shape index (κ3) is 3.98. The molecule has 0 radical (unpaired) electrons. The van der Waals surface area contributed by atoms with Gasteiger partial charge < -0.3 is 10.5 Å². The van der Waals surface area contributed by atoms with Gasteiger partial charge in [-0.2, -0.15) is 22.4 Å². The first-order valence-electron chi connectivity index (χ1n) is 12.9. The Balaban J connectivity index is 1.56. The van der Waals surface area contributed by atoms with E-state index in [-0.39, 0.29) is 29.7 Å². The first kappa shape index (κ1) is 28.4. The van der Waals surface area contributed by atoms with E-state index in [2.05, 4.69) is 5.10 Å². The van der Waals surface area contributed by atoms with Crippen molar-refractivity contribution in [2.45, 2.75) is 108 Å². The molecule has 1 saturated carbocycles. The molecule has 5 rings (SSSR count). The Hall–Kier alpha value is -2.09. The smallest absolute Gasteiger partial charge is 0.351 e. The number of benzene rings is 1. The zero-order chi connectivity index (χ0) is 29.1. The van der Waals surface area contributed by atoms with Crippen LogP contribution in [0.1, 0.15) is 80.9 Å². The van der Waals surface area contributed by atoms with E-state index in [9.17, 15) is 26.0 Å². The molecule has 7 nitrogen and oxygen atoms in total. The highest BCUT2D eigenvalue weighted by atomic mass is 32.2. The summed E-state index contributed by atoms with van der Waals surface area (Å²) in [5.74, 6) is -1.63. The summed E-state index contributed by atoms with van der Waals surface area (Å²) in [5, 5.41) is 3.73. The number of hydrogen-bond donors (Lipinski definition) is 1. The second-order valence-electron chi connectivity index (χ2n) is 11.8. The van der Waals surface area contributed by atoms with Crippen molar-refractivity contribution in [3.63, 3.8) is 0 Å². The van der Waals surface area contributed by atoms with Crippen LogP contribution in [0.4, 0.5) is 22.0 Å². The summed E-state index contributed by atoms with van der Waals surface area (Å²) >= 11 is 0. The van der Waals surface area contributed by atoms with E-state index in [1.54, 1.807) is 11.8 Å². The predicted molar refractivity (Wildman–Crippen MR) is 133 cm³/mol. The monoisotopic (exact) mass is 576 g/mol. The number of fused-ring (bicyclic) bond motifs is 1. The molecule has 2 aliphatic heterocycles. The number of aromatic nitrogens is 2. The largest absolute Gasteiger partial charge is 0.418 e. The minimum atomic E-state index is -4.92. The van der Waals surface area contributed by atoms with Gasteiger partial charge in [0.15, 0.2) is 5.60 Å². The molecule has 1 aliphatic carbocycles. The molecule has 39 heavy (non-hydrogen) atoms. The van der Waals surface area contributed by atoms with Crippen LogP contribution in [0.15, 0.2) is 12.3 Å². The predicted octanol–water partition coefficient (Wildman–Crippen LogP) is 4.74. The van der Waals surface area contributed by atoms with E-state index in [1.807, 2.05) is 0 Å². The number of ether oxygens (including phenoxy) is 1. The van der Waals surface area contributed by atoms with Crippen LogP contribution in [0, 0.1) is 25.5 Å². The number of halogens is 5. The third-order valence-electron chi connectivity index (χ3n) is 9.28. The first-order valence-corrected chi connectivity index (χ1v) is 14.4. The lowest BCUT2D eigenvalue weighted by molar-refractivity contribution is -0.354. The molecule has 0 amide bonds. The lowest BCUT2D eigenvalue weighted by atomic mass is 9.67. The molecule has 1 aromatic heterocycles. The van der Waals surface area contributed by atoms with Crippen molar-refractivity contribution in [3.8, 4) is 0 Å². The van der Waals surface area contributed by atoms with E-state index in [0.29, 0.717) is 24.1 Å². The van der Waals surface area contributed by atoms with Crippen molar-refractivity contribution in [1.82, 2.24) is 14.1 Å². The molecule has 2 fully saturated rings. The van der Waals surface area contributed by atoms with Gasteiger partial charge in [0, 0.05) is 35.4 Å². The highest BCUT2D eigenvalue weighted by Crippen LogP contribution is 2.56. The van der Waals surface area contributed by atoms with Crippen molar-refractivity contribution >= 4 is 10.0 Å². The number of alkyl halides is 3. The van der Waals surface area contributed by atoms with E-state index >= 15 is 4.39 Å². The summed E-state index contributed by atoms with van der Waals surface area (Å²) in [7, 11) is -3.64. The quantitative estimate of drug-likeness (QED) is 0.529. The standard InChI is InChI=1S/C26H33F5N4O3S/c1-13-14(2)22(28)18(9-19(13)27)24(5)23(4,32)10-21(25(6,38-24)26(29,30)31)34-12-20-17(15(34)3)11-35(33-20)39(36,37)16-7-8-16/h9,11,15-16,21H,7-8,10,12,32H2,1-6H3/t15?,21-,23+,24-,25+/m1/s1. The first-order chi connectivity index (χ1) is 17.8.